The number of benzene rings is 6. The molecule has 0 saturated carbocycles. The van der Waals surface area contributed by atoms with E-state index in [0.29, 0.717) is 0 Å². The van der Waals surface area contributed by atoms with Gasteiger partial charge in [0, 0.05) is 33.0 Å². The first-order valence-electron chi connectivity index (χ1n) is 16.6. The Morgan fingerprint density at radius 2 is 0.939 bits per heavy atom. The van der Waals surface area contributed by atoms with Gasteiger partial charge in [0.2, 0.25) is 0 Å². The summed E-state index contributed by atoms with van der Waals surface area (Å²) in [6, 6.07) is 59.5. The lowest BCUT2D eigenvalue weighted by Crippen LogP contribution is -1.94. The highest BCUT2D eigenvalue weighted by atomic mass is 14.8. The number of hydrogen-bond acceptors (Lipinski definition) is 3. The summed E-state index contributed by atoms with van der Waals surface area (Å²) in [5.74, 6) is 0. The van der Waals surface area contributed by atoms with Crippen LogP contribution in [0.25, 0.3) is 88.7 Å². The van der Waals surface area contributed by atoms with E-state index < -0.39 is 0 Å². The molecule has 0 aliphatic carbocycles. The third kappa shape index (κ3) is 5.32. The molecule has 230 valence electrons. The van der Waals surface area contributed by atoms with Crippen LogP contribution in [0.1, 0.15) is 5.56 Å². The Labute approximate surface area is 285 Å². The van der Waals surface area contributed by atoms with E-state index >= 15 is 0 Å². The van der Waals surface area contributed by atoms with Gasteiger partial charge in [0.15, 0.2) is 0 Å². The van der Waals surface area contributed by atoms with Crippen LogP contribution in [-0.4, -0.2) is 15.0 Å². The van der Waals surface area contributed by atoms with Gasteiger partial charge in [0.1, 0.15) is 0 Å². The number of nitrogens with zero attached hydrogens (tertiary/aromatic N) is 3. The first kappa shape index (κ1) is 28.7. The van der Waals surface area contributed by atoms with Crippen LogP contribution in [0.5, 0.6) is 0 Å². The van der Waals surface area contributed by atoms with E-state index in [1.165, 1.54) is 16.3 Å². The lowest BCUT2D eigenvalue weighted by atomic mass is 9.98. The van der Waals surface area contributed by atoms with Gasteiger partial charge >= 0.3 is 0 Å². The monoisotopic (exact) mass is 625 g/mol. The fraction of sp³-hybridized carbons (Fsp3) is 0.0217. The minimum absolute atomic E-state index is 0.902. The molecule has 9 aromatic rings. The fourth-order valence-corrected chi connectivity index (χ4v) is 6.86. The normalized spacial score (nSPS) is 11.4. The molecule has 0 aliphatic rings. The summed E-state index contributed by atoms with van der Waals surface area (Å²) in [4.78, 5) is 15.7. The molecule has 0 fully saturated rings. The third-order valence-corrected chi connectivity index (χ3v) is 9.37. The molecule has 0 N–H and O–H groups in total. The second-order valence-electron chi connectivity index (χ2n) is 12.5. The van der Waals surface area contributed by atoms with Crippen molar-refractivity contribution in [2.45, 2.75) is 6.92 Å². The van der Waals surface area contributed by atoms with Gasteiger partial charge in [-0.1, -0.05) is 140 Å². The first-order valence-corrected chi connectivity index (χ1v) is 16.6. The number of aryl methyl sites for hydroxylation is 1. The van der Waals surface area contributed by atoms with Crippen LogP contribution in [0.2, 0.25) is 0 Å². The standard InChI is InChI=1S/C46H31N3/c1-30-26-44(40-21-11-17-32-14-8-9-20-39(32)40)49-46-38(30)24-22-34-23-25-41(48-45(34)46)35-18-10-19-36(27-35)43-29-37(31-12-4-2-5-13-31)28-42(47-43)33-15-6-3-7-16-33/h2-29H,1H3. The van der Waals surface area contributed by atoms with Crippen molar-refractivity contribution < 1.29 is 0 Å². The molecule has 0 amide bonds. The Morgan fingerprint density at radius 3 is 1.76 bits per heavy atom. The number of aromatic nitrogens is 3. The van der Waals surface area contributed by atoms with Crippen molar-refractivity contribution in [1.29, 1.82) is 0 Å². The lowest BCUT2D eigenvalue weighted by Gasteiger charge is -2.13. The third-order valence-electron chi connectivity index (χ3n) is 9.37. The predicted octanol–water partition coefficient (Wildman–Crippen LogP) is 12.0. The Hall–Kier alpha value is -6.45. The summed E-state index contributed by atoms with van der Waals surface area (Å²) >= 11 is 0. The maximum atomic E-state index is 5.29. The van der Waals surface area contributed by atoms with Gasteiger partial charge in [-0.3, -0.25) is 0 Å². The fourth-order valence-electron chi connectivity index (χ4n) is 6.86. The zero-order valence-corrected chi connectivity index (χ0v) is 27.0. The van der Waals surface area contributed by atoms with Gasteiger partial charge in [-0.25, -0.2) is 15.0 Å². The Bertz CT molecular complexity index is 2600. The van der Waals surface area contributed by atoms with E-state index in [1.807, 2.05) is 12.1 Å². The van der Waals surface area contributed by atoms with E-state index in [1.54, 1.807) is 0 Å². The number of rotatable bonds is 5. The number of pyridine rings is 3. The molecule has 3 heteroatoms. The second-order valence-corrected chi connectivity index (χ2v) is 12.5. The van der Waals surface area contributed by atoms with Gasteiger partial charge in [-0.05, 0) is 64.7 Å². The molecule has 0 radical (unpaired) electrons. The topological polar surface area (TPSA) is 38.7 Å². The van der Waals surface area contributed by atoms with Crippen LogP contribution in [0.15, 0.2) is 170 Å². The highest BCUT2D eigenvalue weighted by molar-refractivity contribution is 6.06. The average Bonchev–Trinajstić information content (AvgIpc) is 3.18. The van der Waals surface area contributed by atoms with Gasteiger partial charge in [-0.15, -0.1) is 0 Å². The van der Waals surface area contributed by atoms with Gasteiger partial charge in [0.25, 0.3) is 0 Å². The molecule has 0 saturated heterocycles. The van der Waals surface area contributed by atoms with Crippen molar-refractivity contribution in [2.24, 2.45) is 0 Å². The van der Waals surface area contributed by atoms with Crippen molar-refractivity contribution >= 4 is 32.6 Å². The average molecular weight is 626 g/mol. The molecule has 3 nitrogen and oxygen atoms in total. The molecule has 9 rings (SSSR count). The Balaban J connectivity index is 1.18. The van der Waals surface area contributed by atoms with Crippen LogP contribution >= 0.6 is 0 Å². The zero-order chi connectivity index (χ0) is 32.7. The minimum Gasteiger partial charge on any atom is -0.248 e. The van der Waals surface area contributed by atoms with Gasteiger partial charge in [0.05, 0.1) is 33.8 Å². The highest BCUT2D eigenvalue weighted by Crippen LogP contribution is 2.35. The van der Waals surface area contributed by atoms with Crippen molar-refractivity contribution in [3.63, 3.8) is 0 Å². The lowest BCUT2D eigenvalue weighted by molar-refractivity contribution is 1.32. The number of fused-ring (bicyclic) bond motifs is 4. The van der Waals surface area contributed by atoms with Crippen molar-refractivity contribution in [3.05, 3.63) is 175 Å². The molecule has 3 heterocycles. The van der Waals surface area contributed by atoms with E-state index in [4.69, 9.17) is 15.0 Å². The molecule has 0 unspecified atom stereocenters. The summed E-state index contributed by atoms with van der Waals surface area (Å²) in [5.41, 5.74) is 13.3. The summed E-state index contributed by atoms with van der Waals surface area (Å²) in [6.45, 7) is 2.16. The number of hydrogen-bond donors (Lipinski definition) is 0. The zero-order valence-electron chi connectivity index (χ0n) is 27.0. The van der Waals surface area contributed by atoms with Crippen LogP contribution < -0.4 is 0 Å². The molecule has 6 aromatic carbocycles. The first-order chi connectivity index (χ1) is 24.2. The molecule has 3 aromatic heterocycles. The molecular formula is C46H31N3. The molecule has 49 heavy (non-hydrogen) atoms. The molecule has 0 bridgehead atoms. The van der Waals surface area contributed by atoms with Gasteiger partial charge in [-0.2, -0.15) is 0 Å². The molecule has 0 aliphatic heterocycles. The highest BCUT2D eigenvalue weighted by Gasteiger charge is 2.14. The largest absolute Gasteiger partial charge is 0.248 e. The SMILES string of the molecule is Cc1cc(-c2cccc3ccccc23)nc2c1ccc1ccc(-c3cccc(-c4cc(-c5ccccc5)cc(-c5ccccc5)n4)c3)nc12. The van der Waals surface area contributed by atoms with Crippen LogP contribution in [0, 0.1) is 6.92 Å². The van der Waals surface area contributed by atoms with E-state index in [9.17, 15) is 0 Å². The summed E-state index contributed by atoms with van der Waals surface area (Å²) in [7, 11) is 0. The molecule has 0 spiro atoms. The van der Waals surface area contributed by atoms with Crippen molar-refractivity contribution in [2.75, 3.05) is 0 Å². The van der Waals surface area contributed by atoms with E-state index in [0.717, 1.165) is 78.0 Å². The Kier molecular flexibility index (Phi) is 7.02. The minimum atomic E-state index is 0.902. The van der Waals surface area contributed by atoms with Gasteiger partial charge < -0.3 is 0 Å². The summed E-state index contributed by atoms with van der Waals surface area (Å²) in [5, 5.41) is 4.59. The van der Waals surface area contributed by atoms with Crippen LogP contribution in [-0.2, 0) is 0 Å². The quantitative estimate of drug-likeness (QED) is 0.179. The van der Waals surface area contributed by atoms with E-state index in [-0.39, 0.29) is 0 Å². The second kappa shape index (κ2) is 12.0. The molecule has 0 atom stereocenters. The Morgan fingerprint density at radius 1 is 0.327 bits per heavy atom. The maximum absolute atomic E-state index is 5.29. The van der Waals surface area contributed by atoms with Crippen LogP contribution in [0.3, 0.4) is 0 Å². The maximum Gasteiger partial charge on any atom is 0.0975 e. The summed E-state index contributed by atoms with van der Waals surface area (Å²) < 4.78 is 0. The van der Waals surface area contributed by atoms with Crippen molar-refractivity contribution in [3.8, 4) is 56.2 Å². The van der Waals surface area contributed by atoms with Crippen molar-refractivity contribution in [1.82, 2.24) is 15.0 Å². The van der Waals surface area contributed by atoms with Crippen LogP contribution in [0.4, 0.5) is 0 Å². The molecular weight excluding hydrogens is 595 g/mol. The summed E-state index contributed by atoms with van der Waals surface area (Å²) in [6.07, 6.45) is 0. The predicted molar refractivity (Wildman–Crippen MR) is 204 cm³/mol. The van der Waals surface area contributed by atoms with E-state index in [2.05, 4.69) is 165 Å². The smallest absolute Gasteiger partial charge is 0.0975 e.